The van der Waals surface area contributed by atoms with Gasteiger partial charge in [-0.2, -0.15) is 0 Å². The Morgan fingerprint density at radius 3 is 2.76 bits per heavy atom. The van der Waals surface area contributed by atoms with E-state index in [1.54, 1.807) is 5.48 Å². The van der Waals surface area contributed by atoms with Crippen LogP contribution >= 0.6 is 0 Å². The number of benzene rings is 1. The molecule has 0 radical (unpaired) electrons. The monoisotopic (exact) mass is 243 g/mol. The third kappa shape index (κ3) is 3.42. The largest absolute Gasteiger partial charge is 0.496 e. The van der Waals surface area contributed by atoms with Crippen LogP contribution in [0.15, 0.2) is 18.2 Å². The Labute approximate surface area is 95.9 Å². The van der Waals surface area contributed by atoms with Crippen LogP contribution in [0.3, 0.4) is 0 Å². The van der Waals surface area contributed by atoms with Crippen LogP contribution in [0.1, 0.15) is 10.4 Å². The van der Waals surface area contributed by atoms with E-state index in [0.29, 0.717) is 0 Å². The summed E-state index contributed by atoms with van der Waals surface area (Å²) >= 11 is 0. The lowest BCUT2D eigenvalue weighted by Crippen LogP contribution is -2.27. The number of hydroxylamine groups is 1. The van der Waals surface area contributed by atoms with Crippen LogP contribution in [0.4, 0.5) is 4.39 Å². The average molecular weight is 243 g/mol. The minimum Gasteiger partial charge on any atom is -0.496 e. The molecule has 1 amide bonds. The van der Waals surface area contributed by atoms with Gasteiger partial charge in [-0.1, -0.05) is 6.07 Å². The van der Waals surface area contributed by atoms with E-state index in [0.717, 1.165) is 6.07 Å². The molecule has 0 aliphatic heterocycles. The molecule has 0 saturated heterocycles. The lowest BCUT2D eigenvalue weighted by Gasteiger charge is -2.09. The lowest BCUT2D eigenvalue weighted by atomic mass is 10.2. The van der Waals surface area contributed by atoms with Crippen molar-refractivity contribution in [3.8, 4) is 5.75 Å². The normalized spacial score (nSPS) is 9.76. The molecule has 0 fully saturated rings. The Morgan fingerprint density at radius 1 is 1.47 bits per heavy atom. The Morgan fingerprint density at radius 2 is 2.18 bits per heavy atom. The van der Waals surface area contributed by atoms with Gasteiger partial charge in [0.15, 0.2) is 6.61 Å². The molecule has 0 saturated carbocycles. The van der Waals surface area contributed by atoms with Gasteiger partial charge in [0, 0.05) is 0 Å². The van der Waals surface area contributed by atoms with Crippen LogP contribution in [0.25, 0.3) is 0 Å². The first-order valence-electron chi connectivity index (χ1n) is 4.52. The SMILES string of the molecule is COc1cccc(F)c1C(=O)NOCC(=O)O. The number of hydrogen-bond acceptors (Lipinski definition) is 4. The molecule has 1 aromatic rings. The first-order valence-corrected chi connectivity index (χ1v) is 4.52. The third-order valence-electron chi connectivity index (χ3n) is 1.78. The number of aliphatic carboxylic acids is 1. The minimum atomic E-state index is -1.26. The molecule has 0 atom stereocenters. The van der Waals surface area contributed by atoms with Gasteiger partial charge in [0.1, 0.15) is 17.1 Å². The maximum Gasteiger partial charge on any atom is 0.332 e. The van der Waals surface area contributed by atoms with Crippen molar-refractivity contribution >= 4 is 11.9 Å². The van der Waals surface area contributed by atoms with Crippen LogP contribution in [-0.4, -0.2) is 30.7 Å². The summed E-state index contributed by atoms with van der Waals surface area (Å²) in [6.07, 6.45) is 0. The second-order valence-electron chi connectivity index (χ2n) is 2.93. The van der Waals surface area contributed by atoms with Gasteiger partial charge in [-0.25, -0.2) is 14.7 Å². The molecule has 0 heterocycles. The maximum atomic E-state index is 13.4. The molecule has 0 unspecified atom stereocenters. The number of ether oxygens (including phenoxy) is 1. The molecule has 6 nitrogen and oxygen atoms in total. The Bertz CT molecular complexity index is 435. The van der Waals surface area contributed by atoms with Crippen LogP contribution in [-0.2, 0) is 9.63 Å². The third-order valence-corrected chi connectivity index (χ3v) is 1.78. The highest BCUT2D eigenvalue weighted by Gasteiger charge is 2.17. The summed E-state index contributed by atoms with van der Waals surface area (Å²) in [7, 11) is 1.28. The molecule has 1 aromatic carbocycles. The van der Waals surface area contributed by atoms with Gasteiger partial charge >= 0.3 is 5.97 Å². The molecule has 17 heavy (non-hydrogen) atoms. The fraction of sp³-hybridized carbons (Fsp3) is 0.200. The molecule has 2 N–H and O–H groups in total. The van der Waals surface area contributed by atoms with Crippen molar-refractivity contribution in [3.05, 3.63) is 29.6 Å². The maximum absolute atomic E-state index is 13.4. The van der Waals surface area contributed by atoms with Gasteiger partial charge in [-0.05, 0) is 12.1 Å². The van der Waals surface area contributed by atoms with Crippen molar-refractivity contribution in [2.75, 3.05) is 13.7 Å². The van der Waals surface area contributed by atoms with Crippen LogP contribution in [0.2, 0.25) is 0 Å². The summed E-state index contributed by atoms with van der Waals surface area (Å²) in [6, 6.07) is 3.85. The Kier molecular flexibility index (Phi) is 4.41. The van der Waals surface area contributed by atoms with Gasteiger partial charge in [0.05, 0.1) is 7.11 Å². The van der Waals surface area contributed by atoms with Crippen LogP contribution in [0.5, 0.6) is 5.75 Å². The van der Waals surface area contributed by atoms with Crippen molar-refractivity contribution in [2.45, 2.75) is 0 Å². The van der Waals surface area contributed by atoms with Crippen molar-refractivity contribution in [1.82, 2.24) is 5.48 Å². The van der Waals surface area contributed by atoms with Gasteiger partial charge in [0.25, 0.3) is 5.91 Å². The molecule has 92 valence electrons. The van der Waals surface area contributed by atoms with Gasteiger partial charge in [0.2, 0.25) is 0 Å². The number of carbonyl (C=O) groups excluding carboxylic acids is 1. The number of nitrogens with one attached hydrogen (secondary N) is 1. The summed E-state index contributed by atoms with van der Waals surface area (Å²) in [5.41, 5.74) is 1.46. The van der Waals surface area contributed by atoms with Crippen molar-refractivity contribution in [3.63, 3.8) is 0 Å². The quantitative estimate of drug-likeness (QED) is 0.739. The Balaban J connectivity index is 2.77. The van der Waals surface area contributed by atoms with Crippen LogP contribution in [0, 0.1) is 5.82 Å². The number of amides is 1. The highest BCUT2D eigenvalue weighted by Crippen LogP contribution is 2.20. The number of carboxylic acid groups (broad SMARTS) is 1. The van der Waals surface area contributed by atoms with E-state index in [2.05, 4.69) is 4.84 Å². The molecule has 0 aliphatic rings. The van der Waals surface area contributed by atoms with E-state index in [1.807, 2.05) is 0 Å². The van der Waals surface area contributed by atoms with Crippen molar-refractivity contribution in [2.24, 2.45) is 0 Å². The fourth-order valence-electron chi connectivity index (χ4n) is 1.11. The average Bonchev–Trinajstić information content (AvgIpc) is 2.27. The molecule has 0 aromatic heterocycles. The zero-order chi connectivity index (χ0) is 12.8. The summed E-state index contributed by atoms with van der Waals surface area (Å²) in [4.78, 5) is 26.0. The number of rotatable bonds is 5. The van der Waals surface area contributed by atoms with E-state index in [-0.39, 0.29) is 11.3 Å². The molecule has 0 aliphatic carbocycles. The predicted octanol–water partition coefficient (Wildman–Crippen LogP) is 0.580. The summed E-state index contributed by atoms with van der Waals surface area (Å²) < 4.78 is 18.2. The fourth-order valence-corrected chi connectivity index (χ4v) is 1.11. The molecule has 0 bridgehead atoms. The number of methoxy groups -OCH3 is 1. The highest BCUT2D eigenvalue weighted by atomic mass is 19.1. The smallest absolute Gasteiger partial charge is 0.332 e. The van der Waals surface area contributed by atoms with Gasteiger partial charge in [-0.15, -0.1) is 0 Å². The molecular weight excluding hydrogens is 233 g/mol. The topological polar surface area (TPSA) is 84.9 Å². The van der Waals surface area contributed by atoms with E-state index in [9.17, 15) is 14.0 Å². The molecule has 0 spiro atoms. The zero-order valence-electron chi connectivity index (χ0n) is 8.90. The Hall–Kier alpha value is -2.15. The number of hydrogen-bond donors (Lipinski definition) is 2. The van der Waals surface area contributed by atoms with Gasteiger partial charge < -0.3 is 9.84 Å². The zero-order valence-corrected chi connectivity index (χ0v) is 8.90. The van der Waals surface area contributed by atoms with E-state index in [4.69, 9.17) is 9.84 Å². The highest BCUT2D eigenvalue weighted by molar-refractivity contribution is 5.96. The first-order chi connectivity index (χ1) is 8.06. The van der Waals surface area contributed by atoms with E-state index >= 15 is 0 Å². The van der Waals surface area contributed by atoms with Crippen molar-refractivity contribution < 1.29 is 28.7 Å². The summed E-state index contributed by atoms with van der Waals surface area (Å²) in [5.74, 6) is -2.94. The minimum absolute atomic E-state index is 0.0291. The summed E-state index contributed by atoms with van der Waals surface area (Å²) in [6.45, 7) is -0.720. The molecule has 1 rings (SSSR count). The van der Waals surface area contributed by atoms with Crippen molar-refractivity contribution in [1.29, 1.82) is 0 Å². The second-order valence-corrected chi connectivity index (χ2v) is 2.93. The second kappa shape index (κ2) is 5.80. The lowest BCUT2D eigenvalue weighted by molar-refractivity contribution is -0.144. The van der Waals surface area contributed by atoms with Gasteiger partial charge in [-0.3, -0.25) is 9.63 Å². The summed E-state index contributed by atoms with van der Waals surface area (Å²) in [5, 5.41) is 8.28. The van der Waals surface area contributed by atoms with E-state index in [1.165, 1.54) is 19.2 Å². The molecule has 7 heteroatoms. The molecular formula is C10H10FNO5. The first kappa shape index (κ1) is 12.9. The standard InChI is InChI=1S/C10H10FNO5/c1-16-7-4-2-3-6(11)9(7)10(15)12-17-5-8(13)14/h2-4H,5H2,1H3,(H,12,15)(H,13,14). The number of carbonyl (C=O) groups is 2. The number of halogens is 1. The number of carboxylic acids is 1. The van der Waals surface area contributed by atoms with E-state index < -0.39 is 24.3 Å². The van der Waals surface area contributed by atoms with Crippen LogP contribution < -0.4 is 10.2 Å². The predicted molar refractivity (Wildman–Crippen MR) is 54.0 cm³/mol.